The summed E-state index contributed by atoms with van der Waals surface area (Å²) < 4.78 is 20.6. The van der Waals surface area contributed by atoms with Gasteiger partial charge in [0.05, 0.1) is 12.2 Å². The molecule has 3 aliphatic rings. The van der Waals surface area contributed by atoms with E-state index in [2.05, 4.69) is 15.1 Å². The van der Waals surface area contributed by atoms with Crippen molar-refractivity contribution in [2.75, 3.05) is 57.3 Å². The predicted molar refractivity (Wildman–Crippen MR) is 98.1 cm³/mol. The van der Waals surface area contributed by atoms with Crippen molar-refractivity contribution in [1.29, 1.82) is 0 Å². The Labute approximate surface area is 153 Å². The van der Waals surface area contributed by atoms with Gasteiger partial charge in [0.2, 0.25) is 0 Å². The number of aliphatic hydroxyl groups is 1. The van der Waals surface area contributed by atoms with Crippen LogP contribution in [0, 0.1) is 5.82 Å². The molecule has 0 amide bonds. The smallest absolute Gasteiger partial charge is 0.339 e. The number of carbonyl (C=O) groups excluding carboxylic acids is 1. The summed E-state index contributed by atoms with van der Waals surface area (Å²) in [7, 11) is 0. The number of halogens is 1. The number of rotatable bonds is 3. The first kappa shape index (κ1) is 19.1. The van der Waals surface area contributed by atoms with Crippen LogP contribution in [0.5, 0.6) is 0 Å². The second kappa shape index (κ2) is 7.50. The summed E-state index contributed by atoms with van der Waals surface area (Å²) in [4.78, 5) is 16.7. The number of piperazine rings is 1. The number of hydrogen-bond donors (Lipinski definition) is 2. The number of piperidine rings is 1. The van der Waals surface area contributed by atoms with Gasteiger partial charge in [-0.1, -0.05) is 7.43 Å². The molecule has 2 N–H and O–H groups in total. The molecule has 7 heteroatoms. The maximum atomic E-state index is 15.0. The van der Waals surface area contributed by atoms with Crippen LogP contribution in [-0.2, 0) is 10.3 Å². The molecular formula is C19H28FN3O3. The van der Waals surface area contributed by atoms with Gasteiger partial charge in [-0.05, 0) is 25.2 Å². The Bertz CT molecular complexity index is 668. The van der Waals surface area contributed by atoms with E-state index in [1.54, 1.807) is 12.1 Å². The zero-order valence-corrected chi connectivity index (χ0v) is 14.3. The fraction of sp³-hybridized carbons (Fsp3) is 0.632. The number of fused-ring (bicyclic) bond motifs is 2. The molecule has 0 bridgehead atoms. The van der Waals surface area contributed by atoms with Crippen molar-refractivity contribution in [2.24, 2.45) is 0 Å². The third-order valence-electron chi connectivity index (χ3n) is 5.60. The molecule has 0 aliphatic carbocycles. The first-order valence-electron chi connectivity index (χ1n) is 8.99. The Kier molecular flexibility index (Phi) is 5.50. The van der Waals surface area contributed by atoms with Crippen molar-refractivity contribution in [1.82, 2.24) is 10.2 Å². The lowest BCUT2D eigenvalue weighted by Crippen LogP contribution is -2.47. The third kappa shape index (κ3) is 3.19. The largest absolute Gasteiger partial charge is 0.450 e. The second-order valence-corrected chi connectivity index (χ2v) is 7.04. The number of nitrogens with one attached hydrogen (secondary N) is 1. The van der Waals surface area contributed by atoms with Crippen LogP contribution < -0.4 is 10.2 Å². The number of anilines is 1. The molecule has 0 saturated carbocycles. The number of β-amino-alcohol motifs (C(OH)–C–C–N with tert-alkyl or cyclic N) is 1. The summed E-state index contributed by atoms with van der Waals surface area (Å²) in [5, 5.41) is 12.3. The van der Waals surface area contributed by atoms with Crippen LogP contribution in [0.15, 0.2) is 12.1 Å². The molecule has 0 aromatic heterocycles. The van der Waals surface area contributed by atoms with Crippen LogP contribution in [0.1, 0.15) is 36.2 Å². The van der Waals surface area contributed by atoms with Crippen molar-refractivity contribution in [2.45, 2.75) is 25.9 Å². The van der Waals surface area contributed by atoms with Gasteiger partial charge in [-0.25, -0.2) is 9.18 Å². The number of carbonyl (C=O) groups is 1. The molecule has 1 spiro atoms. The van der Waals surface area contributed by atoms with Gasteiger partial charge in [-0.2, -0.15) is 0 Å². The van der Waals surface area contributed by atoms with Crippen LogP contribution in [0.3, 0.4) is 0 Å². The molecule has 144 valence electrons. The van der Waals surface area contributed by atoms with Gasteiger partial charge in [-0.3, -0.25) is 4.90 Å². The lowest BCUT2D eigenvalue weighted by atomic mass is 9.84. The summed E-state index contributed by atoms with van der Waals surface area (Å²) in [6.07, 6.45) is 1.23. The monoisotopic (exact) mass is 365 g/mol. The molecule has 3 aliphatic heterocycles. The molecule has 0 unspecified atom stereocenters. The molecule has 3 heterocycles. The lowest BCUT2D eigenvalue weighted by molar-refractivity contribution is -0.0255. The Morgan fingerprint density at radius 1 is 1.19 bits per heavy atom. The van der Waals surface area contributed by atoms with Gasteiger partial charge in [0.1, 0.15) is 11.4 Å². The zero-order valence-electron chi connectivity index (χ0n) is 14.3. The van der Waals surface area contributed by atoms with Crippen LogP contribution in [0.4, 0.5) is 10.1 Å². The first-order valence-corrected chi connectivity index (χ1v) is 8.99. The molecule has 1 aromatic rings. The summed E-state index contributed by atoms with van der Waals surface area (Å²) >= 11 is 0. The molecule has 2 fully saturated rings. The normalized spacial score (nSPS) is 22.1. The predicted octanol–water partition coefficient (Wildman–Crippen LogP) is 1.33. The van der Waals surface area contributed by atoms with Crippen molar-refractivity contribution in [3.05, 3.63) is 29.1 Å². The minimum atomic E-state index is -0.792. The van der Waals surface area contributed by atoms with Crippen molar-refractivity contribution < 1.29 is 19.0 Å². The van der Waals surface area contributed by atoms with Gasteiger partial charge in [0.25, 0.3) is 0 Å². The summed E-state index contributed by atoms with van der Waals surface area (Å²) in [6, 6.07) is 3.34. The maximum absolute atomic E-state index is 15.0. The van der Waals surface area contributed by atoms with Crippen LogP contribution in [0.25, 0.3) is 0 Å². The highest BCUT2D eigenvalue weighted by atomic mass is 19.1. The van der Waals surface area contributed by atoms with Gasteiger partial charge < -0.3 is 20.1 Å². The van der Waals surface area contributed by atoms with Gasteiger partial charge in [-0.15, -0.1) is 0 Å². The van der Waals surface area contributed by atoms with Crippen LogP contribution in [0.2, 0.25) is 0 Å². The fourth-order valence-corrected chi connectivity index (χ4v) is 4.24. The number of aliphatic hydroxyl groups excluding tert-OH is 1. The number of nitrogens with zero attached hydrogens (tertiary/aromatic N) is 2. The van der Waals surface area contributed by atoms with E-state index in [1.807, 2.05) is 0 Å². The van der Waals surface area contributed by atoms with Crippen molar-refractivity contribution in [3.8, 4) is 0 Å². The summed E-state index contributed by atoms with van der Waals surface area (Å²) in [5.74, 6) is -0.741. The van der Waals surface area contributed by atoms with E-state index in [1.165, 1.54) is 0 Å². The summed E-state index contributed by atoms with van der Waals surface area (Å²) in [5.41, 5.74) is 0.777. The van der Waals surface area contributed by atoms with E-state index in [4.69, 9.17) is 9.84 Å². The van der Waals surface area contributed by atoms with Gasteiger partial charge in [0.15, 0.2) is 0 Å². The highest BCUT2D eigenvalue weighted by Crippen LogP contribution is 2.45. The SMILES string of the molecule is C.O=C1OC2(CCNCC2)c2c(F)cc(N3CCN(CCO)CC3)cc21. The van der Waals surface area contributed by atoms with Crippen molar-refractivity contribution >= 4 is 11.7 Å². The molecule has 4 rings (SSSR count). The Balaban J connectivity index is 0.00000196. The number of ether oxygens (including phenoxy) is 1. The van der Waals surface area contributed by atoms with E-state index in [-0.39, 0.29) is 19.9 Å². The molecular weight excluding hydrogens is 337 g/mol. The van der Waals surface area contributed by atoms with Crippen LogP contribution in [-0.4, -0.2) is 68.4 Å². The van der Waals surface area contributed by atoms with E-state index in [9.17, 15) is 9.18 Å². The molecule has 0 radical (unpaired) electrons. The molecule has 2 saturated heterocycles. The maximum Gasteiger partial charge on any atom is 0.339 e. The molecule has 26 heavy (non-hydrogen) atoms. The third-order valence-corrected chi connectivity index (χ3v) is 5.60. The number of esters is 1. The van der Waals surface area contributed by atoms with E-state index in [0.717, 1.165) is 45.0 Å². The lowest BCUT2D eigenvalue weighted by Gasteiger charge is -2.36. The van der Waals surface area contributed by atoms with E-state index in [0.29, 0.717) is 30.5 Å². The standard InChI is InChI=1S/C18H24FN3O3.CH4/c19-15-12-13(22-7-5-21(6-8-22)9-10-23)11-14-16(15)18(25-17(14)24)1-3-20-4-2-18;/h11-12,20,23H,1-10H2;1H4. The number of hydrogen-bond acceptors (Lipinski definition) is 6. The molecule has 6 nitrogen and oxygen atoms in total. The quantitative estimate of drug-likeness (QED) is 0.788. The minimum absolute atomic E-state index is 0. The van der Waals surface area contributed by atoms with Gasteiger partial charge in [0, 0.05) is 56.8 Å². The topological polar surface area (TPSA) is 65.0 Å². The van der Waals surface area contributed by atoms with Gasteiger partial charge >= 0.3 is 5.97 Å². The average molecular weight is 365 g/mol. The van der Waals surface area contributed by atoms with E-state index < -0.39 is 11.6 Å². The van der Waals surface area contributed by atoms with Crippen molar-refractivity contribution in [3.63, 3.8) is 0 Å². The minimum Gasteiger partial charge on any atom is -0.450 e. The Morgan fingerprint density at radius 2 is 1.88 bits per heavy atom. The fourth-order valence-electron chi connectivity index (χ4n) is 4.24. The highest BCUT2D eigenvalue weighted by molar-refractivity contribution is 5.96. The van der Waals surface area contributed by atoms with Crippen LogP contribution >= 0.6 is 0 Å². The number of benzene rings is 1. The zero-order chi connectivity index (χ0) is 17.4. The Morgan fingerprint density at radius 3 is 2.54 bits per heavy atom. The summed E-state index contributed by atoms with van der Waals surface area (Å²) in [6.45, 7) is 5.40. The Hall–Kier alpha value is -1.70. The molecule has 0 atom stereocenters. The average Bonchev–Trinajstić information content (AvgIpc) is 2.88. The first-order chi connectivity index (χ1) is 12.1. The van der Waals surface area contributed by atoms with E-state index >= 15 is 0 Å². The second-order valence-electron chi connectivity index (χ2n) is 7.04. The molecule has 1 aromatic carbocycles. The highest BCUT2D eigenvalue weighted by Gasteiger charge is 2.48.